The Morgan fingerprint density at radius 3 is 2.69 bits per heavy atom. The quantitative estimate of drug-likeness (QED) is 0.845. The number of rotatable bonds is 4. The van der Waals surface area contributed by atoms with Crippen LogP contribution in [0.3, 0.4) is 0 Å². The van der Waals surface area contributed by atoms with Crippen molar-refractivity contribution >= 4 is 0 Å². The minimum Gasteiger partial charge on any atom is -0.376 e. The molecule has 1 unspecified atom stereocenters. The number of aryl methyl sites for hydroxylation is 1. The van der Waals surface area contributed by atoms with Crippen LogP contribution in [0.5, 0.6) is 0 Å². The highest BCUT2D eigenvalue weighted by Gasteiger charge is 2.43. The van der Waals surface area contributed by atoms with E-state index < -0.39 is 0 Å². The van der Waals surface area contributed by atoms with Gasteiger partial charge in [0.1, 0.15) is 0 Å². The summed E-state index contributed by atoms with van der Waals surface area (Å²) in [6.07, 6.45) is 4.46. The minimum absolute atomic E-state index is 0.0118. The SMILES string of the molecule is CCc1cccc(C(N)C2(OC)CCC2)c1. The number of methoxy groups -OCH3 is 1. The lowest BCUT2D eigenvalue weighted by Crippen LogP contribution is -2.48. The summed E-state index contributed by atoms with van der Waals surface area (Å²) in [7, 11) is 1.78. The fourth-order valence-corrected chi connectivity index (χ4v) is 2.48. The third-order valence-corrected chi connectivity index (χ3v) is 3.89. The van der Waals surface area contributed by atoms with Gasteiger partial charge < -0.3 is 10.5 Å². The van der Waals surface area contributed by atoms with Crippen molar-refractivity contribution in [3.63, 3.8) is 0 Å². The van der Waals surface area contributed by atoms with Gasteiger partial charge in [-0.05, 0) is 36.8 Å². The summed E-state index contributed by atoms with van der Waals surface area (Å²) in [5.74, 6) is 0. The topological polar surface area (TPSA) is 35.2 Å². The van der Waals surface area contributed by atoms with Crippen LogP contribution in [0.15, 0.2) is 24.3 Å². The second-order valence-electron chi connectivity index (χ2n) is 4.70. The molecule has 2 rings (SSSR count). The van der Waals surface area contributed by atoms with Crippen molar-refractivity contribution in [2.24, 2.45) is 5.73 Å². The summed E-state index contributed by atoms with van der Waals surface area (Å²) >= 11 is 0. The highest BCUT2D eigenvalue weighted by Crippen LogP contribution is 2.43. The minimum atomic E-state index is -0.105. The smallest absolute Gasteiger partial charge is 0.0870 e. The molecule has 1 fully saturated rings. The van der Waals surface area contributed by atoms with Crippen LogP contribution in [0.4, 0.5) is 0 Å². The van der Waals surface area contributed by atoms with Gasteiger partial charge in [0.05, 0.1) is 11.6 Å². The van der Waals surface area contributed by atoms with Gasteiger partial charge in [-0.25, -0.2) is 0 Å². The van der Waals surface area contributed by atoms with Crippen molar-refractivity contribution in [1.82, 2.24) is 0 Å². The molecule has 16 heavy (non-hydrogen) atoms. The molecule has 1 aromatic rings. The molecule has 1 saturated carbocycles. The Bertz CT molecular complexity index is 352. The first-order valence-electron chi connectivity index (χ1n) is 6.11. The van der Waals surface area contributed by atoms with Crippen LogP contribution in [0.25, 0.3) is 0 Å². The first-order chi connectivity index (χ1) is 7.72. The first kappa shape index (κ1) is 11.6. The lowest BCUT2D eigenvalue weighted by atomic mass is 9.72. The Balaban J connectivity index is 2.22. The Morgan fingerprint density at radius 2 is 2.19 bits per heavy atom. The summed E-state index contributed by atoms with van der Waals surface area (Å²) < 4.78 is 5.64. The van der Waals surface area contributed by atoms with Crippen molar-refractivity contribution in [3.8, 4) is 0 Å². The Morgan fingerprint density at radius 1 is 1.44 bits per heavy atom. The molecule has 0 spiro atoms. The van der Waals surface area contributed by atoms with Gasteiger partial charge in [-0.15, -0.1) is 0 Å². The zero-order chi connectivity index (χ0) is 11.6. The van der Waals surface area contributed by atoms with Gasteiger partial charge in [-0.3, -0.25) is 0 Å². The molecule has 1 aromatic carbocycles. The maximum Gasteiger partial charge on any atom is 0.0870 e. The van der Waals surface area contributed by atoms with E-state index in [1.807, 2.05) is 0 Å². The predicted octanol–water partition coefficient (Wildman–Crippen LogP) is 2.82. The molecule has 2 N–H and O–H groups in total. The molecule has 0 aliphatic heterocycles. The fraction of sp³-hybridized carbons (Fsp3) is 0.571. The van der Waals surface area contributed by atoms with E-state index in [9.17, 15) is 0 Å². The van der Waals surface area contributed by atoms with Gasteiger partial charge in [0.2, 0.25) is 0 Å². The number of benzene rings is 1. The Kier molecular flexibility index (Phi) is 3.31. The standard InChI is InChI=1S/C14H21NO/c1-3-11-6-4-7-12(10-11)13(15)14(16-2)8-5-9-14/h4,6-7,10,13H,3,5,8-9,15H2,1-2H3. The molecule has 0 amide bonds. The van der Waals surface area contributed by atoms with E-state index in [0.717, 1.165) is 19.3 Å². The second kappa shape index (κ2) is 4.56. The van der Waals surface area contributed by atoms with Crippen LogP contribution >= 0.6 is 0 Å². The van der Waals surface area contributed by atoms with Gasteiger partial charge >= 0.3 is 0 Å². The number of ether oxygens (including phenoxy) is 1. The molecule has 1 atom stereocenters. The van der Waals surface area contributed by atoms with E-state index in [4.69, 9.17) is 10.5 Å². The maximum absolute atomic E-state index is 6.34. The van der Waals surface area contributed by atoms with Crippen molar-refractivity contribution in [1.29, 1.82) is 0 Å². The molecule has 2 nitrogen and oxygen atoms in total. The van der Waals surface area contributed by atoms with Crippen molar-refractivity contribution in [2.45, 2.75) is 44.2 Å². The molecule has 1 aliphatic carbocycles. The number of hydrogen-bond acceptors (Lipinski definition) is 2. The highest BCUT2D eigenvalue weighted by atomic mass is 16.5. The summed E-state index contributed by atoms with van der Waals surface area (Å²) in [5, 5.41) is 0. The first-order valence-corrected chi connectivity index (χ1v) is 6.11. The van der Waals surface area contributed by atoms with Gasteiger partial charge in [0.25, 0.3) is 0 Å². The third kappa shape index (κ3) is 1.87. The molecule has 1 aliphatic rings. The third-order valence-electron chi connectivity index (χ3n) is 3.89. The molecule has 0 saturated heterocycles. The monoisotopic (exact) mass is 219 g/mol. The lowest BCUT2D eigenvalue weighted by molar-refractivity contribution is -0.0911. The van der Waals surface area contributed by atoms with E-state index >= 15 is 0 Å². The zero-order valence-electron chi connectivity index (χ0n) is 10.2. The lowest BCUT2D eigenvalue weighted by Gasteiger charge is -2.45. The van der Waals surface area contributed by atoms with Crippen molar-refractivity contribution in [3.05, 3.63) is 35.4 Å². The maximum atomic E-state index is 6.34. The summed E-state index contributed by atoms with van der Waals surface area (Å²) in [5.41, 5.74) is 8.79. The summed E-state index contributed by atoms with van der Waals surface area (Å²) in [6.45, 7) is 2.17. The molecule has 88 valence electrons. The van der Waals surface area contributed by atoms with Crippen molar-refractivity contribution in [2.75, 3.05) is 7.11 Å². The second-order valence-corrected chi connectivity index (χ2v) is 4.70. The summed E-state index contributed by atoms with van der Waals surface area (Å²) in [6, 6.07) is 8.58. The highest BCUT2D eigenvalue weighted by molar-refractivity contribution is 5.28. The average molecular weight is 219 g/mol. The molecule has 0 aromatic heterocycles. The number of hydrogen-bond donors (Lipinski definition) is 1. The zero-order valence-corrected chi connectivity index (χ0v) is 10.2. The van der Waals surface area contributed by atoms with Gasteiger partial charge in [-0.1, -0.05) is 31.2 Å². The molecule has 0 bridgehead atoms. The van der Waals surface area contributed by atoms with Crippen molar-refractivity contribution < 1.29 is 4.74 Å². The van der Waals surface area contributed by atoms with Crippen LogP contribution < -0.4 is 5.73 Å². The van der Waals surface area contributed by atoms with Crippen LogP contribution in [0, 0.1) is 0 Å². The van der Waals surface area contributed by atoms with Crippen LogP contribution in [-0.4, -0.2) is 12.7 Å². The number of nitrogens with two attached hydrogens (primary N) is 1. The molecular formula is C14H21NO. The van der Waals surface area contributed by atoms with Crippen LogP contribution in [0.2, 0.25) is 0 Å². The normalized spacial score (nSPS) is 20.2. The van der Waals surface area contributed by atoms with Gasteiger partial charge in [0, 0.05) is 7.11 Å². The molecule has 2 heteroatoms. The largest absolute Gasteiger partial charge is 0.376 e. The van der Waals surface area contributed by atoms with E-state index in [1.165, 1.54) is 17.5 Å². The van der Waals surface area contributed by atoms with E-state index in [0.29, 0.717) is 0 Å². The van der Waals surface area contributed by atoms with E-state index in [1.54, 1.807) is 7.11 Å². The molecule has 0 radical (unpaired) electrons. The van der Waals surface area contributed by atoms with Crippen LogP contribution in [0.1, 0.15) is 43.4 Å². The van der Waals surface area contributed by atoms with E-state index in [2.05, 4.69) is 31.2 Å². The molecular weight excluding hydrogens is 198 g/mol. The summed E-state index contributed by atoms with van der Waals surface area (Å²) in [4.78, 5) is 0. The van der Waals surface area contributed by atoms with Gasteiger partial charge in [-0.2, -0.15) is 0 Å². The van der Waals surface area contributed by atoms with E-state index in [-0.39, 0.29) is 11.6 Å². The van der Waals surface area contributed by atoms with Gasteiger partial charge in [0.15, 0.2) is 0 Å². The fourth-order valence-electron chi connectivity index (χ4n) is 2.48. The molecule has 0 heterocycles. The predicted molar refractivity (Wildman–Crippen MR) is 66.3 cm³/mol. The average Bonchev–Trinajstić information content (AvgIpc) is 2.28. The van der Waals surface area contributed by atoms with Crippen LogP contribution in [-0.2, 0) is 11.2 Å². The Hall–Kier alpha value is -0.860. The Labute approximate surface area is 97.8 Å².